The second-order valence-corrected chi connectivity index (χ2v) is 4.13. The van der Waals surface area contributed by atoms with Crippen LogP contribution in [0.3, 0.4) is 0 Å². The quantitative estimate of drug-likeness (QED) is 0.543. The van der Waals surface area contributed by atoms with Gasteiger partial charge in [-0.3, -0.25) is 0 Å². The van der Waals surface area contributed by atoms with Crippen molar-refractivity contribution in [1.29, 1.82) is 0 Å². The van der Waals surface area contributed by atoms with E-state index in [1.807, 2.05) is 18.2 Å². The number of rotatable bonds is 5. The molecule has 0 spiro atoms. The first kappa shape index (κ1) is 12.1. The van der Waals surface area contributed by atoms with Crippen LogP contribution in [-0.4, -0.2) is 12.5 Å². The molecule has 1 nitrogen and oxygen atoms in total. The van der Waals surface area contributed by atoms with Crippen molar-refractivity contribution in [1.82, 2.24) is 0 Å². The van der Waals surface area contributed by atoms with Gasteiger partial charge in [-0.25, -0.2) is 0 Å². The van der Waals surface area contributed by atoms with E-state index in [0.29, 0.717) is 18.4 Å². The zero-order valence-corrected chi connectivity index (χ0v) is 10.1. The van der Waals surface area contributed by atoms with E-state index in [4.69, 9.17) is 16.3 Å². The number of hydrogen-bond acceptors (Lipinski definition) is 1. The SMILES string of the molecule is C=C(CCl)COc1ccccc1C(C)C. The van der Waals surface area contributed by atoms with Crippen LogP contribution in [0.25, 0.3) is 0 Å². The van der Waals surface area contributed by atoms with Gasteiger partial charge >= 0.3 is 0 Å². The molecule has 0 amide bonds. The molecule has 0 aromatic heterocycles. The monoisotopic (exact) mass is 224 g/mol. The zero-order chi connectivity index (χ0) is 11.3. The first-order valence-corrected chi connectivity index (χ1v) is 5.63. The van der Waals surface area contributed by atoms with Gasteiger partial charge in [0.25, 0.3) is 0 Å². The Morgan fingerprint density at radius 1 is 1.40 bits per heavy atom. The predicted octanol–water partition coefficient (Wildman–Crippen LogP) is 3.98. The van der Waals surface area contributed by atoms with E-state index in [9.17, 15) is 0 Å². The molecule has 0 aliphatic carbocycles. The number of ether oxygens (including phenoxy) is 1. The van der Waals surface area contributed by atoms with Crippen molar-refractivity contribution in [2.75, 3.05) is 12.5 Å². The molecule has 1 aromatic rings. The maximum Gasteiger partial charge on any atom is 0.123 e. The summed E-state index contributed by atoms with van der Waals surface area (Å²) in [4.78, 5) is 0. The molecule has 0 bridgehead atoms. The Labute approximate surface area is 96.7 Å². The van der Waals surface area contributed by atoms with Gasteiger partial charge in [-0.15, -0.1) is 11.6 Å². The third-order valence-corrected chi connectivity index (χ3v) is 2.54. The smallest absolute Gasteiger partial charge is 0.123 e. The fourth-order valence-corrected chi connectivity index (χ4v) is 1.38. The third kappa shape index (κ3) is 3.60. The summed E-state index contributed by atoms with van der Waals surface area (Å²) in [6, 6.07) is 8.07. The first-order valence-electron chi connectivity index (χ1n) is 5.09. The number of alkyl halides is 1. The van der Waals surface area contributed by atoms with Gasteiger partial charge in [0.2, 0.25) is 0 Å². The van der Waals surface area contributed by atoms with Gasteiger partial charge in [-0.1, -0.05) is 38.6 Å². The lowest BCUT2D eigenvalue weighted by Crippen LogP contribution is -2.03. The summed E-state index contributed by atoms with van der Waals surface area (Å²) in [5, 5.41) is 0. The van der Waals surface area contributed by atoms with Crippen molar-refractivity contribution >= 4 is 11.6 Å². The molecule has 0 N–H and O–H groups in total. The Kier molecular flexibility index (Phi) is 4.70. The summed E-state index contributed by atoms with van der Waals surface area (Å²) >= 11 is 5.64. The van der Waals surface area contributed by atoms with Crippen LogP contribution >= 0.6 is 11.6 Å². The van der Waals surface area contributed by atoms with E-state index in [-0.39, 0.29) is 0 Å². The van der Waals surface area contributed by atoms with Crippen LogP contribution < -0.4 is 4.74 Å². The second-order valence-electron chi connectivity index (χ2n) is 3.86. The molecule has 1 aromatic carbocycles. The van der Waals surface area contributed by atoms with E-state index < -0.39 is 0 Å². The standard InChI is InChI=1S/C13H17ClO/c1-10(2)12-6-4-5-7-13(12)15-9-11(3)8-14/h4-7,10H,3,8-9H2,1-2H3. The number of para-hydroxylation sites is 1. The fourth-order valence-electron chi connectivity index (χ4n) is 1.31. The molecule has 0 aliphatic rings. The van der Waals surface area contributed by atoms with Gasteiger partial charge in [-0.2, -0.15) is 0 Å². The number of halogens is 1. The van der Waals surface area contributed by atoms with E-state index in [0.717, 1.165) is 11.3 Å². The molecular formula is C13H17ClO. The Morgan fingerprint density at radius 3 is 2.67 bits per heavy atom. The van der Waals surface area contributed by atoms with E-state index >= 15 is 0 Å². The number of benzene rings is 1. The average Bonchev–Trinajstić information content (AvgIpc) is 2.26. The van der Waals surface area contributed by atoms with Crippen LogP contribution in [0, 0.1) is 0 Å². The maximum atomic E-state index is 5.67. The van der Waals surface area contributed by atoms with Crippen molar-refractivity contribution in [3.63, 3.8) is 0 Å². The minimum atomic E-state index is 0.448. The normalized spacial score (nSPS) is 10.4. The Hall–Kier alpha value is -0.950. The molecule has 1 rings (SSSR count). The first-order chi connectivity index (χ1) is 7.15. The van der Waals surface area contributed by atoms with Crippen molar-refractivity contribution in [3.8, 4) is 5.75 Å². The summed E-state index contributed by atoms with van der Waals surface area (Å²) in [6.45, 7) is 8.60. The molecular weight excluding hydrogens is 208 g/mol. The molecule has 82 valence electrons. The van der Waals surface area contributed by atoms with Gasteiger partial charge < -0.3 is 4.74 Å². The number of hydrogen-bond donors (Lipinski definition) is 0. The lowest BCUT2D eigenvalue weighted by atomic mass is 10.0. The maximum absolute atomic E-state index is 5.67. The van der Waals surface area contributed by atoms with Crippen LogP contribution in [0.1, 0.15) is 25.3 Å². The Bertz CT molecular complexity index is 331. The van der Waals surface area contributed by atoms with E-state index in [1.54, 1.807) is 0 Å². The highest BCUT2D eigenvalue weighted by Crippen LogP contribution is 2.26. The molecule has 0 unspecified atom stereocenters. The second kappa shape index (κ2) is 5.82. The molecule has 15 heavy (non-hydrogen) atoms. The minimum absolute atomic E-state index is 0.448. The minimum Gasteiger partial charge on any atom is -0.489 e. The zero-order valence-electron chi connectivity index (χ0n) is 9.29. The molecule has 0 saturated heterocycles. The highest BCUT2D eigenvalue weighted by atomic mass is 35.5. The van der Waals surface area contributed by atoms with Crippen molar-refractivity contribution in [2.45, 2.75) is 19.8 Å². The van der Waals surface area contributed by atoms with Crippen LogP contribution in [0.4, 0.5) is 0 Å². The van der Waals surface area contributed by atoms with Gasteiger partial charge in [-0.05, 0) is 23.1 Å². The average molecular weight is 225 g/mol. The van der Waals surface area contributed by atoms with Crippen LogP contribution in [0.2, 0.25) is 0 Å². The lowest BCUT2D eigenvalue weighted by molar-refractivity contribution is 0.348. The molecule has 0 saturated carbocycles. The Morgan fingerprint density at radius 2 is 2.07 bits per heavy atom. The largest absolute Gasteiger partial charge is 0.489 e. The van der Waals surface area contributed by atoms with Gasteiger partial charge in [0.1, 0.15) is 12.4 Å². The van der Waals surface area contributed by atoms with E-state index in [1.165, 1.54) is 5.56 Å². The summed E-state index contributed by atoms with van der Waals surface area (Å²) in [5.74, 6) is 1.84. The summed E-state index contributed by atoms with van der Waals surface area (Å²) in [7, 11) is 0. The molecule has 0 fully saturated rings. The topological polar surface area (TPSA) is 9.23 Å². The summed E-state index contributed by atoms with van der Waals surface area (Å²) < 4.78 is 5.67. The van der Waals surface area contributed by atoms with Crippen molar-refractivity contribution in [2.24, 2.45) is 0 Å². The summed E-state index contributed by atoms with van der Waals surface area (Å²) in [6.07, 6.45) is 0. The molecule has 2 heteroatoms. The fraction of sp³-hybridized carbons (Fsp3) is 0.385. The van der Waals surface area contributed by atoms with Crippen LogP contribution in [0.5, 0.6) is 5.75 Å². The van der Waals surface area contributed by atoms with E-state index in [2.05, 4.69) is 26.5 Å². The highest BCUT2D eigenvalue weighted by Gasteiger charge is 2.06. The van der Waals surface area contributed by atoms with Crippen molar-refractivity contribution in [3.05, 3.63) is 42.0 Å². The van der Waals surface area contributed by atoms with Gasteiger partial charge in [0.15, 0.2) is 0 Å². The third-order valence-electron chi connectivity index (χ3n) is 2.16. The highest BCUT2D eigenvalue weighted by molar-refractivity contribution is 6.19. The molecule has 0 atom stereocenters. The van der Waals surface area contributed by atoms with Crippen molar-refractivity contribution < 1.29 is 4.74 Å². The predicted molar refractivity (Wildman–Crippen MR) is 65.9 cm³/mol. The molecule has 0 heterocycles. The van der Waals surface area contributed by atoms with Crippen LogP contribution in [-0.2, 0) is 0 Å². The lowest BCUT2D eigenvalue weighted by Gasteiger charge is -2.13. The molecule has 0 radical (unpaired) electrons. The van der Waals surface area contributed by atoms with Crippen LogP contribution in [0.15, 0.2) is 36.4 Å². The van der Waals surface area contributed by atoms with Gasteiger partial charge in [0.05, 0.1) is 0 Å². The molecule has 0 aliphatic heterocycles. The Balaban J connectivity index is 2.71. The summed E-state index contributed by atoms with van der Waals surface area (Å²) in [5.41, 5.74) is 2.12. The van der Waals surface area contributed by atoms with Gasteiger partial charge in [0, 0.05) is 5.88 Å².